The summed E-state index contributed by atoms with van der Waals surface area (Å²) in [6.45, 7) is 0.348. The Hall–Kier alpha value is -4.08. The Morgan fingerprint density at radius 3 is 1.65 bits per heavy atom. The van der Waals surface area contributed by atoms with Crippen molar-refractivity contribution in [3.8, 4) is 11.5 Å². The number of halogens is 1. The minimum absolute atomic E-state index is 0.0545. The Morgan fingerprint density at radius 1 is 0.651 bits per heavy atom. The van der Waals surface area contributed by atoms with E-state index in [1.165, 1.54) is 17.8 Å². The summed E-state index contributed by atoms with van der Waals surface area (Å²) in [4.78, 5) is 17.3. The van der Waals surface area contributed by atoms with Gasteiger partial charge in [0.25, 0.3) is 0 Å². The lowest BCUT2D eigenvalue weighted by Crippen LogP contribution is -2.06. The van der Waals surface area contributed by atoms with Crippen molar-refractivity contribution in [2.24, 2.45) is 0 Å². The average molecular weight is 614 g/mol. The number of carbonyl (C=O) groups excluding carboxylic acids is 1. The quantitative estimate of drug-likeness (QED) is 0.110. The SMILES string of the molecule is O=C(c1ccccc1)c1ccc(Sc2ccc([S+](c3ccc(OCCO)cc3)c3ccc(OCCO)cc3)cc2)c(F)c1. The van der Waals surface area contributed by atoms with Gasteiger partial charge in [-0.2, -0.15) is 0 Å². The van der Waals surface area contributed by atoms with Gasteiger partial charge in [0.05, 0.1) is 24.1 Å². The molecule has 0 amide bonds. The summed E-state index contributed by atoms with van der Waals surface area (Å²) in [6, 6.07) is 37.1. The molecule has 5 aromatic rings. The van der Waals surface area contributed by atoms with E-state index in [1.54, 1.807) is 36.4 Å². The van der Waals surface area contributed by atoms with Crippen LogP contribution in [-0.4, -0.2) is 42.4 Å². The molecule has 5 rings (SSSR count). The molecule has 0 aliphatic heterocycles. The Kier molecular flexibility index (Phi) is 10.5. The summed E-state index contributed by atoms with van der Waals surface area (Å²) in [5.41, 5.74) is 0.834. The minimum atomic E-state index is -0.459. The molecule has 8 heteroatoms. The lowest BCUT2D eigenvalue weighted by molar-refractivity contribution is 0.103. The molecule has 0 atom stereocenters. The van der Waals surface area contributed by atoms with Gasteiger partial charge in [-0.25, -0.2) is 4.39 Å². The molecule has 0 saturated carbocycles. The predicted octanol–water partition coefficient (Wildman–Crippen LogP) is 7.05. The Bertz CT molecular complexity index is 1580. The van der Waals surface area contributed by atoms with E-state index in [0.29, 0.717) is 27.5 Å². The smallest absolute Gasteiger partial charge is 0.193 e. The third-order valence-corrected chi connectivity index (χ3v) is 9.65. The van der Waals surface area contributed by atoms with Crippen molar-refractivity contribution < 1.29 is 28.9 Å². The van der Waals surface area contributed by atoms with Crippen LogP contribution in [0.5, 0.6) is 11.5 Å². The van der Waals surface area contributed by atoms with Crippen LogP contribution in [0.3, 0.4) is 0 Å². The monoisotopic (exact) mass is 613 g/mol. The topological polar surface area (TPSA) is 76.0 Å². The van der Waals surface area contributed by atoms with E-state index < -0.39 is 16.7 Å². The maximum absolute atomic E-state index is 15.1. The fourth-order valence-electron chi connectivity index (χ4n) is 4.33. The van der Waals surface area contributed by atoms with Gasteiger partial charge in [-0.05, 0) is 91.0 Å². The number of rotatable bonds is 13. The fraction of sp³-hybridized carbons (Fsp3) is 0.114. The Labute approximate surface area is 257 Å². The van der Waals surface area contributed by atoms with Gasteiger partial charge in [0.15, 0.2) is 20.5 Å². The largest absolute Gasteiger partial charge is 0.491 e. The van der Waals surface area contributed by atoms with E-state index in [4.69, 9.17) is 19.7 Å². The molecule has 5 nitrogen and oxygen atoms in total. The average Bonchev–Trinajstić information content (AvgIpc) is 3.06. The third-order valence-electron chi connectivity index (χ3n) is 6.36. The molecule has 5 aromatic carbocycles. The number of ketones is 1. The van der Waals surface area contributed by atoms with Crippen LogP contribution >= 0.6 is 11.8 Å². The molecule has 0 spiro atoms. The van der Waals surface area contributed by atoms with Crippen LogP contribution in [0, 0.1) is 5.82 Å². The van der Waals surface area contributed by atoms with Crippen LogP contribution in [0.25, 0.3) is 0 Å². The molecule has 0 radical (unpaired) electrons. The van der Waals surface area contributed by atoms with Gasteiger partial charge in [-0.1, -0.05) is 42.1 Å². The van der Waals surface area contributed by atoms with E-state index in [1.807, 2.05) is 78.9 Å². The van der Waals surface area contributed by atoms with E-state index in [2.05, 4.69) is 0 Å². The van der Waals surface area contributed by atoms with Crippen molar-refractivity contribution in [2.45, 2.75) is 24.5 Å². The highest BCUT2D eigenvalue weighted by Gasteiger charge is 2.29. The maximum Gasteiger partial charge on any atom is 0.193 e. The molecular formula is C35H30FO5S2+. The van der Waals surface area contributed by atoms with E-state index in [0.717, 1.165) is 19.6 Å². The molecule has 0 bridgehead atoms. The van der Waals surface area contributed by atoms with Gasteiger partial charge in [-0.3, -0.25) is 4.79 Å². The zero-order valence-corrected chi connectivity index (χ0v) is 24.8. The summed E-state index contributed by atoms with van der Waals surface area (Å²) in [6.07, 6.45) is 0. The van der Waals surface area contributed by atoms with E-state index in [9.17, 15) is 4.79 Å². The van der Waals surface area contributed by atoms with Gasteiger partial charge < -0.3 is 19.7 Å². The van der Waals surface area contributed by atoms with Crippen molar-refractivity contribution in [2.75, 3.05) is 26.4 Å². The zero-order chi connectivity index (χ0) is 30.0. The number of ether oxygens (including phenoxy) is 2. The van der Waals surface area contributed by atoms with Crippen LogP contribution in [0.4, 0.5) is 4.39 Å². The zero-order valence-electron chi connectivity index (χ0n) is 23.2. The first-order valence-corrected chi connectivity index (χ1v) is 15.7. The highest BCUT2D eigenvalue weighted by atomic mass is 32.2. The lowest BCUT2D eigenvalue weighted by Gasteiger charge is -2.11. The number of aliphatic hydroxyl groups is 2. The first-order valence-electron chi connectivity index (χ1n) is 13.6. The number of hydrogen-bond acceptors (Lipinski definition) is 6. The predicted molar refractivity (Wildman–Crippen MR) is 167 cm³/mol. The Balaban J connectivity index is 1.37. The van der Waals surface area contributed by atoms with Crippen molar-refractivity contribution in [3.05, 3.63) is 138 Å². The molecule has 0 saturated heterocycles. The first-order chi connectivity index (χ1) is 21.1. The molecule has 218 valence electrons. The van der Waals surface area contributed by atoms with E-state index in [-0.39, 0.29) is 32.2 Å². The number of carbonyl (C=O) groups is 1. The normalized spacial score (nSPS) is 11.0. The summed E-state index contributed by atoms with van der Waals surface area (Å²) >= 11 is 1.30. The van der Waals surface area contributed by atoms with E-state index >= 15 is 4.39 Å². The minimum Gasteiger partial charge on any atom is -0.491 e. The molecule has 0 aliphatic rings. The summed E-state index contributed by atoms with van der Waals surface area (Å²) in [5.74, 6) is 0.703. The summed E-state index contributed by atoms with van der Waals surface area (Å²) in [7, 11) is -0.459. The van der Waals surface area contributed by atoms with Crippen LogP contribution < -0.4 is 9.47 Å². The molecule has 43 heavy (non-hydrogen) atoms. The van der Waals surface area contributed by atoms with Gasteiger partial charge in [-0.15, -0.1) is 0 Å². The maximum atomic E-state index is 15.1. The highest BCUT2D eigenvalue weighted by molar-refractivity contribution is 7.99. The summed E-state index contributed by atoms with van der Waals surface area (Å²) < 4.78 is 26.1. The van der Waals surface area contributed by atoms with Crippen LogP contribution in [-0.2, 0) is 10.9 Å². The highest BCUT2D eigenvalue weighted by Crippen LogP contribution is 2.36. The van der Waals surface area contributed by atoms with Crippen LogP contribution in [0.1, 0.15) is 15.9 Å². The van der Waals surface area contributed by atoms with Crippen molar-refractivity contribution in [1.29, 1.82) is 0 Å². The molecule has 2 N–H and O–H groups in total. The number of hydrogen-bond donors (Lipinski definition) is 2. The van der Waals surface area contributed by atoms with Gasteiger partial charge >= 0.3 is 0 Å². The van der Waals surface area contributed by atoms with Gasteiger partial charge in [0, 0.05) is 20.9 Å². The van der Waals surface area contributed by atoms with Crippen molar-refractivity contribution >= 4 is 28.4 Å². The van der Waals surface area contributed by atoms with Crippen molar-refractivity contribution in [1.82, 2.24) is 0 Å². The summed E-state index contributed by atoms with van der Waals surface area (Å²) in [5, 5.41) is 18.1. The van der Waals surface area contributed by atoms with Crippen molar-refractivity contribution in [3.63, 3.8) is 0 Å². The molecule has 0 heterocycles. The second-order valence-corrected chi connectivity index (χ2v) is 12.4. The third kappa shape index (κ3) is 7.86. The molecule has 0 aromatic heterocycles. The number of aliphatic hydroxyl groups excluding tert-OH is 2. The molecule has 0 unspecified atom stereocenters. The standard InChI is InChI=1S/C35H30FO5S2/c36-33-24-26(35(39)25-4-2-1-3-5-25)6-19-34(33)42-29-11-17-32(18-12-29)43(30-13-7-27(8-14-30)40-22-20-37)31-15-9-28(10-16-31)41-23-21-38/h1-19,24,37-38H,20-23H2/q+1. The lowest BCUT2D eigenvalue weighted by atomic mass is 10.0. The van der Waals surface area contributed by atoms with Gasteiger partial charge in [0.2, 0.25) is 0 Å². The molecule has 0 fully saturated rings. The second kappa shape index (κ2) is 14.9. The molecular weight excluding hydrogens is 584 g/mol. The Morgan fingerprint density at radius 2 is 1.16 bits per heavy atom. The van der Waals surface area contributed by atoms with Crippen LogP contribution in [0.2, 0.25) is 0 Å². The second-order valence-electron chi connectivity index (χ2n) is 9.31. The molecule has 0 aliphatic carbocycles. The fourth-order valence-corrected chi connectivity index (χ4v) is 7.19. The number of benzene rings is 5. The van der Waals surface area contributed by atoms with Crippen LogP contribution in [0.15, 0.2) is 146 Å². The first kappa shape index (κ1) is 30.4. The van der Waals surface area contributed by atoms with Gasteiger partial charge in [0.1, 0.15) is 30.5 Å².